The maximum Gasteiger partial charge on any atom is 0.414 e. The third-order valence-electron chi connectivity index (χ3n) is 2.58. The Kier molecular flexibility index (Phi) is 2.75. The smallest absolute Gasteiger partial charge is 0.414 e. The Morgan fingerprint density at radius 2 is 2.67 bits per heavy atom. The molecule has 0 saturated carbocycles. The molecule has 2 aliphatic rings. The molecule has 2 atom stereocenters. The van der Waals surface area contributed by atoms with Crippen LogP contribution in [0.4, 0.5) is 4.79 Å². The van der Waals surface area contributed by atoms with Crippen molar-refractivity contribution in [1.29, 1.82) is 0 Å². The Hall–Kier alpha value is -1.33. The van der Waals surface area contributed by atoms with Gasteiger partial charge in [0, 0.05) is 12.2 Å². The Morgan fingerprint density at radius 1 is 1.87 bits per heavy atom. The summed E-state index contributed by atoms with van der Waals surface area (Å²) >= 11 is 0. The van der Waals surface area contributed by atoms with E-state index in [4.69, 9.17) is 4.74 Å². The van der Waals surface area contributed by atoms with Gasteiger partial charge in [-0.05, 0) is 6.08 Å². The minimum Gasteiger partial charge on any atom is -0.445 e. The van der Waals surface area contributed by atoms with Gasteiger partial charge >= 0.3 is 6.09 Å². The maximum absolute atomic E-state index is 11.6. The van der Waals surface area contributed by atoms with Crippen LogP contribution in [0.1, 0.15) is 0 Å². The summed E-state index contributed by atoms with van der Waals surface area (Å²) in [5, 5.41) is 12.8. The summed E-state index contributed by atoms with van der Waals surface area (Å²) in [6.45, 7) is 4.63. The average Bonchev–Trinajstić information content (AvgIpc) is 2.79. The number of hydrogen-bond acceptors (Lipinski definition) is 4. The van der Waals surface area contributed by atoms with Gasteiger partial charge in [0.2, 0.25) is 0 Å². The molecule has 0 aromatic rings. The summed E-state index contributed by atoms with van der Waals surface area (Å²) in [7, 11) is 0. The van der Waals surface area contributed by atoms with Crippen molar-refractivity contribution in [2.75, 3.05) is 19.7 Å². The first-order valence-electron chi connectivity index (χ1n) is 4.90. The fraction of sp³-hybridized carbons (Fsp3) is 0.500. The van der Waals surface area contributed by atoms with Crippen molar-refractivity contribution in [3.05, 3.63) is 24.4 Å². The number of fused-ring (bicyclic) bond motifs is 1. The molecule has 1 amide bonds. The topological polar surface area (TPSA) is 61.8 Å². The van der Waals surface area contributed by atoms with E-state index in [9.17, 15) is 9.90 Å². The predicted molar refractivity (Wildman–Crippen MR) is 54.1 cm³/mol. The summed E-state index contributed by atoms with van der Waals surface area (Å²) < 4.78 is 4.92. The third-order valence-corrected chi connectivity index (χ3v) is 2.58. The van der Waals surface area contributed by atoms with Crippen LogP contribution in [0.3, 0.4) is 0 Å². The van der Waals surface area contributed by atoms with E-state index in [1.54, 1.807) is 0 Å². The van der Waals surface area contributed by atoms with Crippen LogP contribution < -0.4 is 5.32 Å². The summed E-state index contributed by atoms with van der Waals surface area (Å²) in [5.74, 6) is 0. The normalized spacial score (nSPS) is 28.6. The number of hydrogen-bond donors (Lipinski definition) is 2. The van der Waals surface area contributed by atoms with Crippen LogP contribution in [0.25, 0.3) is 0 Å². The van der Waals surface area contributed by atoms with Gasteiger partial charge in [-0.2, -0.15) is 0 Å². The van der Waals surface area contributed by atoms with Crippen LogP contribution in [0.2, 0.25) is 0 Å². The molecule has 0 bridgehead atoms. The largest absolute Gasteiger partial charge is 0.445 e. The average molecular weight is 210 g/mol. The van der Waals surface area contributed by atoms with Gasteiger partial charge in [0.25, 0.3) is 0 Å². The lowest BCUT2D eigenvalue weighted by Crippen LogP contribution is -2.33. The zero-order valence-electron chi connectivity index (χ0n) is 8.35. The number of likely N-dealkylation sites (tertiary alicyclic amines) is 1. The minimum absolute atomic E-state index is 0.124. The molecule has 1 fully saturated rings. The van der Waals surface area contributed by atoms with Crippen LogP contribution in [-0.2, 0) is 4.74 Å². The molecule has 2 aliphatic heterocycles. The monoisotopic (exact) mass is 210 g/mol. The molecule has 5 nitrogen and oxygen atoms in total. The van der Waals surface area contributed by atoms with Gasteiger partial charge in [-0.25, -0.2) is 4.79 Å². The second kappa shape index (κ2) is 4.04. The number of carbonyl (C=O) groups excluding carboxylic acids is 1. The lowest BCUT2D eigenvalue weighted by molar-refractivity contribution is 0.115. The maximum atomic E-state index is 11.6. The number of ether oxygens (including phenoxy) is 1. The Labute approximate surface area is 88.0 Å². The zero-order valence-corrected chi connectivity index (χ0v) is 8.35. The van der Waals surface area contributed by atoms with Gasteiger partial charge in [-0.1, -0.05) is 12.7 Å². The second-order valence-electron chi connectivity index (χ2n) is 3.56. The van der Waals surface area contributed by atoms with E-state index in [-0.39, 0.29) is 12.6 Å². The molecular formula is C10H14N2O3. The number of amides is 1. The van der Waals surface area contributed by atoms with Gasteiger partial charge in [0.1, 0.15) is 6.61 Å². The molecule has 2 N–H and O–H groups in total. The minimum atomic E-state index is -0.546. The molecule has 82 valence electrons. The van der Waals surface area contributed by atoms with Crippen molar-refractivity contribution in [1.82, 2.24) is 10.2 Å². The van der Waals surface area contributed by atoms with E-state index in [0.717, 1.165) is 5.70 Å². The first kappa shape index (κ1) is 10.2. The third kappa shape index (κ3) is 1.75. The fourth-order valence-electron chi connectivity index (χ4n) is 1.92. The highest BCUT2D eigenvalue weighted by Gasteiger charge is 2.41. The highest BCUT2D eigenvalue weighted by Crippen LogP contribution is 2.25. The molecular weight excluding hydrogens is 196 g/mol. The molecule has 5 heteroatoms. The first-order chi connectivity index (χ1) is 7.24. The highest BCUT2D eigenvalue weighted by molar-refractivity contribution is 5.71. The van der Waals surface area contributed by atoms with Crippen LogP contribution >= 0.6 is 0 Å². The van der Waals surface area contributed by atoms with E-state index in [0.29, 0.717) is 13.1 Å². The van der Waals surface area contributed by atoms with Crippen LogP contribution in [0, 0.1) is 0 Å². The fourth-order valence-corrected chi connectivity index (χ4v) is 1.92. The highest BCUT2D eigenvalue weighted by atomic mass is 16.6. The van der Waals surface area contributed by atoms with Gasteiger partial charge < -0.3 is 15.2 Å². The summed E-state index contributed by atoms with van der Waals surface area (Å²) in [4.78, 5) is 13.0. The van der Waals surface area contributed by atoms with E-state index >= 15 is 0 Å². The Balaban J connectivity index is 2.04. The number of carbonyl (C=O) groups is 1. The van der Waals surface area contributed by atoms with Crippen molar-refractivity contribution in [2.24, 2.45) is 0 Å². The summed E-state index contributed by atoms with van der Waals surface area (Å²) in [5.41, 5.74) is 0.816. The SMILES string of the molecule is C=CCOC(=O)N1CC(O)C2NCC=C21. The number of β-amino-alcohol motifs (C(OH)–C–C–N with tert-alkyl or cyclic N) is 1. The molecule has 2 heterocycles. The van der Waals surface area contributed by atoms with Crippen LogP contribution in [0.15, 0.2) is 24.4 Å². The van der Waals surface area contributed by atoms with E-state index in [1.807, 2.05) is 6.08 Å². The predicted octanol–water partition coefficient (Wildman–Crippen LogP) is -0.159. The second-order valence-corrected chi connectivity index (χ2v) is 3.56. The quantitative estimate of drug-likeness (QED) is 0.622. The molecule has 1 saturated heterocycles. The molecule has 0 aromatic carbocycles. The van der Waals surface area contributed by atoms with E-state index in [1.165, 1.54) is 11.0 Å². The van der Waals surface area contributed by atoms with Crippen molar-refractivity contribution in [2.45, 2.75) is 12.1 Å². The lowest BCUT2D eigenvalue weighted by atomic mass is 10.2. The molecule has 15 heavy (non-hydrogen) atoms. The van der Waals surface area contributed by atoms with Crippen molar-refractivity contribution < 1.29 is 14.6 Å². The Morgan fingerprint density at radius 3 is 3.40 bits per heavy atom. The number of rotatable bonds is 2. The number of nitrogens with zero attached hydrogens (tertiary/aromatic N) is 1. The zero-order chi connectivity index (χ0) is 10.8. The number of nitrogens with one attached hydrogen (secondary N) is 1. The van der Waals surface area contributed by atoms with Crippen LogP contribution in [-0.4, -0.2) is 47.9 Å². The van der Waals surface area contributed by atoms with E-state index < -0.39 is 12.2 Å². The molecule has 0 aromatic heterocycles. The van der Waals surface area contributed by atoms with E-state index in [2.05, 4.69) is 11.9 Å². The lowest BCUT2D eigenvalue weighted by Gasteiger charge is -2.16. The van der Waals surface area contributed by atoms with Gasteiger partial charge in [0.05, 0.1) is 18.7 Å². The van der Waals surface area contributed by atoms with Crippen molar-refractivity contribution in [3.8, 4) is 0 Å². The molecule has 2 unspecified atom stereocenters. The summed E-state index contributed by atoms with van der Waals surface area (Å²) in [6, 6.07) is -0.124. The van der Waals surface area contributed by atoms with Crippen LogP contribution in [0.5, 0.6) is 0 Å². The molecule has 0 aliphatic carbocycles. The van der Waals surface area contributed by atoms with Gasteiger partial charge in [-0.3, -0.25) is 4.90 Å². The Bertz CT molecular complexity index is 314. The van der Waals surface area contributed by atoms with Gasteiger partial charge in [-0.15, -0.1) is 0 Å². The molecule has 2 rings (SSSR count). The first-order valence-corrected chi connectivity index (χ1v) is 4.90. The van der Waals surface area contributed by atoms with Gasteiger partial charge in [0.15, 0.2) is 0 Å². The molecule has 0 radical (unpaired) electrons. The number of aliphatic hydroxyl groups is 1. The van der Waals surface area contributed by atoms with Crippen molar-refractivity contribution >= 4 is 6.09 Å². The number of aliphatic hydroxyl groups excluding tert-OH is 1. The standard InChI is InChI=1S/C10H14N2O3/c1-2-5-15-10(14)12-6-8(13)9-7(12)3-4-11-9/h2-3,8-9,11,13H,1,4-6H2. The molecule has 0 spiro atoms. The van der Waals surface area contributed by atoms with Crippen molar-refractivity contribution in [3.63, 3.8) is 0 Å². The summed E-state index contributed by atoms with van der Waals surface area (Å²) in [6.07, 6.45) is 2.44.